The van der Waals surface area contributed by atoms with Crippen LogP contribution in [0.25, 0.3) is 0 Å². The second kappa shape index (κ2) is 4.12. The Balaban J connectivity index is 2.60. The topological polar surface area (TPSA) is 37.8 Å². The van der Waals surface area contributed by atoms with Crippen molar-refractivity contribution in [2.75, 3.05) is 5.32 Å². The Bertz CT molecular complexity index is 295. The van der Waals surface area contributed by atoms with Gasteiger partial charge in [0.15, 0.2) is 5.82 Å². The molecule has 0 aromatic carbocycles. The summed E-state index contributed by atoms with van der Waals surface area (Å²) in [6.45, 7) is 3.76. The Morgan fingerprint density at radius 2 is 2.07 bits per heavy atom. The van der Waals surface area contributed by atoms with E-state index in [2.05, 4.69) is 14.7 Å². The molecule has 0 amide bonds. The van der Waals surface area contributed by atoms with E-state index in [1.54, 1.807) is 0 Å². The predicted octanol–water partition coefficient (Wildman–Crippen LogP) is 2.46. The van der Waals surface area contributed by atoms with Gasteiger partial charge in [-0.1, -0.05) is 0 Å². The zero-order chi connectivity index (χ0) is 10.8. The Morgan fingerprint density at radius 3 is 2.57 bits per heavy atom. The molecule has 0 spiro atoms. The second-order valence-corrected chi connectivity index (χ2v) is 3.86. The summed E-state index contributed by atoms with van der Waals surface area (Å²) in [5, 5.41) is 3.32. The van der Waals surface area contributed by atoms with Crippen LogP contribution in [0.15, 0.2) is 0 Å². The van der Waals surface area contributed by atoms with Crippen LogP contribution in [0.1, 0.15) is 19.7 Å². The van der Waals surface area contributed by atoms with Gasteiger partial charge in [0.2, 0.25) is 5.13 Å². The maximum atomic E-state index is 11.9. The zero-order valence-electron chi connectivity index (χ0n) is 7.72. The number of hydrogen-bond acceptors (Lipinski definition) is 4. The van der Waals surface area contributed by atoms with Gasteiger partial charge in [-0.2, -0.15) is 17.5 Å². The summed E-state index contributed by atoms with van der Waals surface area (Å²) in [6, 6.07) is 0.140. The second-order valence-electron chi connectivity index (χ2n) is 3.11. The number of aromatic nitrogens is 2. The van der Waals surface area contributed by atoms with Crippen molar-refractivity contribution in [3.05, 3.63) is 5.82 Å². The highest BCUT2D eigenvalue weighted by Gasteiger charge is 2.30. The third kappa shape index (κ3) is 3.91. The minimum atomic E-state index is -4.24. The largest absolute Gasteiger partial charge is 0.396 e. The summed E-state index contributed by atoms with van der Waals surface area (Å²) < 4.78 is 39.4. The third-order valence-electron chi connectivity index (χ3n) is 1.24. The van der Waals surface area contributed by atoms with Crippen LogP contribution in [0.2, 0.25) is 0 Å². The normalized spacial score (nSPS) is 12.1. The minimum Gasteiger partial charge on any atom is -0.358 e. The molecule has 0 atom stereocenters. The Kier molecular flexibility index (Phi) is 3.30. The molecule has 0 bridgehead atoms. The first-order chi connectivity index (χ1) is 6.37. The molecule has 80 valence electrons. The van der Waals surface area contributed by atoms with Crippen LogP contribution in [0, 0.1) is 0 Å². The number of nitrogens with zero attached hydrogens (tertiary/aromatic N) is 2. The maximum Gasteiger partial charge on any atom is 0.396 e. The SMILES string of the molecule is CC(C)Nc1nc(CC(F)(F)F)ns1. The molecule has 0 aliphatic heterocycles. The molecular formula is C7H10F3N3S. The first-order valence-electron chi connectivity index (χ1n) is 4.02. The van der Waals surface area contributed by atoms with Gasteiger partial charge in [-0.25, -0.2) is 4.98 Å². The molecule has 7 heteroatoms. The van der Waals surface area contributed by atoms with Gasteiger partial charge >= 0.3 is 6.18 Å². The number of halogens is 3. The lowest BCUT2D eigenvalue weighted by Crippen LogP contribution is -2.13. The Hall–Kier alpha value is -0.850. The number of nitrogens with one attached hydrogen (secondary N) is 1. The molecule has 1 heterocycles. The fourth-order valence-corrected chi connectivity index (χ4v) is 1.54. The number of alkyl halides is 3. The third-order valence-corrected chi connectivity index (χ3v) is 1.92. The van der Waals surface area contributed by atoms with E-state index in [4.69, 9.17) is 0 Å². The summed E-state index contributed by atoms with van der Waals surface area (Å²) in [4.78, 5) is 3.71. The van der Waals surface area contributed by atoms with E-state index >= 15 is 0 Å². The molecule has 1 aromatic heterocycles. The summed E-state index contributed by atoms with van der Waals surface area (Å²) in [7, 11) is 0. The fraction of sp³-hybridized carbons (Fsp3) is 0.714. The van der Waals surface area contributed by atoms with E-state index < -0.39 is 12.6 Å². The van der Waals surface area contributed by atoms with Crippen LogP contribution in [-0.2, 0) is 6.42 Å². The van der Waals surface area contributed by atoms with Gasteiger partial charge in [-0.3, -0.25) is 0 Å². The minimum absolute atomic E-state index is 0.140. The molecule has 14 heavy (non-hydrogen) atoms. The van der Waals surface area contributed by atoms with E-state index in [0.717, 1.165) is 11.5 Å². The molecule has 0 aliphatic carbocycles. The number of rotatable bonds is 3. The molecule has 0 unspecified atom stereocenters. The van der Waals surface area contributed by atoms with E-state index in [0.29, 0.717) is 5.13 Å². The molecule has 1 aromatic rings. The Morgan fingerprint density at radius 1 is 1.43 bits per heavy atom. The summed E-state index contributed by atoms with van der Waals surface area (Å²) >= 11 is 0.946. The van der Waals surface area contributed by atoms with Crippen LogP contribution in [0.4, 0.5) is 18.3 Å². The quantitative estimate of drug-likeness (QED) is 0.858. The van der Waals surface area contributed by atoms with Gasteiger partial charge in [0, 0.05) is 17.6 Å². The predicted molar refractivity (Wildman–Crippen MR) is 48.4 cm³/mol. The number of anilines is 1. The highest BCUT2D eigenvalue weighted by Crippen LogP contribution is 2.22. The summed E-state index contributed by atoms with van der Waals surface area (Å²) in [5.41, 5.74) is 0. The van der Waals surface area contributed by atoms with Crippen molar-refractivity contribution in [3.8, 4) is 0 Å². The molecule has 0 aliphatic rings. The first-order valence-corrected chi connectivity index (χ1v) is 4.80. The Labute approximate surface area is 83.5 Å². The molecule has 3 nitrogen and oxygen atoms in total. The lowest BCUT2D eigenvalue weighted by Gasteiger charge is -2.04. The molecule has 1 N–H and O–H groups in total. The van der Waals surface area contributed by atoms with Gasteiger partial charge in [0.1, 0.15) is 6.42 Å². The van der Waals surface area contributed by atoms with Crippen molar-refractivity contribution in [2.45, 2.75) is 32.5 Å². The molecule has 0 saturated heterocycles. The molecule has 1 rings (SSSR count). The van der Waals surface area contributed by atoms with Crippen LogP contribution in [0.5, 0.6) is 0 Å². The standard InChI is InChI=1S/C7H10F3N3S/c1-4(2)11-6-12-5(13-14-6)3-7(8,9)10/h4H,3H2,1-2H3,(H,11,12,13). The summed E-state index contributed by atoms with van der Waals surface area (Å²) in [6.07, 6.45) is -5.31. The van der Waals surface area contributed by atoms with Crippen molar-refractivity contribution in [3.63, 3.8) is 0 Å². The average Bonchev–Trinajstić information content (AvgIpc) is 2.30. The highest BCUT2D eigenvalue weighted by molar-refractivity contribution is 7.09. The van der Waals surface area contributed by atoms with Gasteiger partial charge in [0.05, 0.1) is 0 Å². The number of hydrogen-bond donors (Lipinski definition) is 1. The molecule has 0 fully saturated rings. The van der Waals surface area contributed by atoms with Crippen molar-refractivity contribution in [1.29, 1.82) is 0 Å². The van der Waals surface area contributed by atoms with Crippen LogP contribution in [0.3, 0.4) is 0 Å². The maximum absolute atomic E-state index is 11.9. The van der Waals surface area contributed by atoms with Gasteiger partial charge < -0.3 is 5.32 Å². The first kappa shape index (κ1) is 11.2. The van der Waals surface area contributed by atoms with Crippen LogP contribution >= 0.6 is 11.5 Å². The highest BCUT2D eigenvalue weighted by atomic mass is 32.1. The monoisotopic (exact) mass is 225 g/mol. The van der Waals surface area contributed by atoms with Crippen molar-refractivity contribution in [1.82, 2.24) is 9.36 Å². The summed E-state index contributed by atoms with van der Waals surface area (Å²) in [5.74, 6) is -0.175. The van der Waals surface area contributed by atoms with Gasteiger partial charge in [-0.05, 0) is 13.8 Å². The van der Waals surface area contributed by atoms with Gasteiger partial charge in [-0.15, -0.1) is 0 Å². The van der Waals surface area contributed by atoms with Gasteiger partial charge in [0.25, 0.3) is 0 Å². The molecule has 0 radical (unpaired) electrons. The lowest BCUT2D eigenvalue weighted by atomic mass is 10.4. The van der Waals surface area contributed by atoms with Crippen LogP contribution in [-0.4, -0.2) is 21.6 Å². The van der Waals surface area contributed by atoms with Crippen molar-refractivity contribution < 1.29 is 13.2 Å². The molecule has 0 saturated carbocycles. The smallest absolute Gasteiger partial charge is 0.358 e. The molecular weight excluding hydrogens is 215 g/mol. The fourth-order valence-electron chi connectivity index (χ4n) is 0.811. The van der Waals surface area contributed by atoms with E-state index in [9.17, 15) is 13.2 Å². The van der Waals surface area contributed by atoms with E-state index in [1.807, 2.05) is 13.8 Å². The van der Waals surface area contributed by atoms with Crippen molar-refractivity contribution in [2.24, 2.45) is 0 Å². The lowest BCUT2D eigenvalue weighted by molar-refractivity contribution is -0.128. The zero-order valence-corrected chi connectivity index (χ0v) is 8.54. The van der Waals surface area contributed by atoms with Crippen LogP contribution < -0.4 is 5.32 Å². The van der Waals surface area contributed by atoms with E-state index in [1.165, 1.54) is 0 Å². The van der Waals surface area contributed by atoms with E-state index in [-0.39, 0.29) is 11.9 Å². The van der Waals surface area contributed by atoms with Crippen molar-refractivity contribution >= 4 is 16.7 Å². The average molecular weight is 225 g/mol.